The summed E-state index contributed by atoms with van der Waals surface area (Å²) in [4.78, 5) is 46.5. The lowest BCUT2D eigenvalue weighted by molar-refractivity contribution is -0.130. The van der Waals surface area contributed by atoms with Crippen LogP contribution in [0.15, 0.2) is 72.9 Å². The number of nitrogens with zero attached hydrogens (tertiary/aromatic N) is 1. The van der Waals surface area contributed by atoms with Crippen molar-refractivity contribution in [3.05, 3.63) is 95.2 Å². The minimum atomic E-state index is -1.31. The van der Waals surface area contributed by atoms with Crippen molar-refractivity contribution in [1.29, 1.82) is 0 Å². The number of nitrogens with one attached hydrogen (secondary N) is 3. The van der Waals surface area contributed by atoms with Gasteiger partial charge in [0.25, 0.3) is 0 Å². The molecule has 0 bridgehead atoms. The number of H-pyrrole nitrogens is 1. The maximum Gasteiger partial charge on any atom is 0.250 e. The number of hydrogen-bond donors (Lipinski definition) is 3. The molecule has 3 amide bonds. The van der Waals surface area contributed by atoms with E-state index < -0.39 is 23.4 Å². The number of imide groups is 1. The summed E-state index contributed by atoms with van der Waals surface area (Å²) in [6.45, 7) is 3.96. The summed E-state index contributed by atoms with van der Waals surface area (Å²) in [6, 6.07) is 20.7. The zero-order valence-corrected chi connectivity index (χ0v) is 20.5. The third kappa shape index (κ3) is 2.89. The Balaban J connectivity index is 1.38. The fourth-order valence-electron chi connectivity index (χ4n) is 6.59. The molecule has 0 aliphatic carbocycles. The number of benzene rings is 3. The quantitative estimate of drug-likeness (QED) is 0.379. The summed E-state index contributed by atoms with van der Waals surface area (Å²) in [5, 5.41) is 7.58. The van der Waals surface area contributed by atoms with Crippen molar-refractivity contribution in [2.24, 2.45) is 11.8 Å². The molecule has 3 N–H and O–H groups in total. The van der Waals surface area contributed by atoms with Crippen molar-refractivity contribution in [3.63, 3.8) is 0 Å². The largest absolute Gasteiger partial charge is 0.361 e. The van der Waals surface area contributed by atoms with Crippen molar-refractivity contribution in [1.82, 2.24) is 10.3 Å². The van der Waals surface area contributed by atoms with E-state index in [1.54, 1.807) is 0 Å². The molecule has 3 aliphatic rings. The number of fused-ring (bicyclic) bond motifs is 5. The molecular weight excluding hydrogens is 464 g/mol. The second kappa shape index (κ2) is 7.63. The number of anilines is 2. The third-order valence-corrected chi connectivity index (χ3v) is 8.49. The molecule has 4 atom stereocenters. The fourth-order valence-corrected chi connectivity index (χ4v) is 6.59. The van der Waals surface area contributed by atoms with Crippen LogP contribution in [0.5, 0.6) is 0 Å². The number of carbonyl (C=O) groups is 3. The second-order valence-corrected chi connectivity index (χ2v) is 10.4. The van der Waals surface area contributed by atoms with Crippen LogP contribution in [0, 0.1) is 25.7 Å². The van der Waals surface area contributed by atoms with Crippen LogP contribution < -0.4 is 15.5 Å². The lowest BCUT2D eigenvalue weighted by Gasteiger charge is -2.29. The molecule has 1 spiro atoms. The first-order chi connectivity index (χ1) is 17.9. The molecule has 184 valence electrons. The van der Waals surface area contributed by atoms with Crippen LogP contribution in [-0.4, -0.2) is 28.7 Å². The summed E-state index contributed by atoms with van der Waals surface area (Å²) < 4.78 is 0. The lowest BCUT2D eigenvalue weighted by atomic mass is 9.76. The zero-order chi connectivity index (χ0) is 25.5. The first-order valence-electron chi connectivity index (χ1n) is 12.6. The average molecular weight is 491 g/mol. The minimum Gasteiger partial charge on any atom is -0.361 e. The smallest absolute Gasteiger partial charge is 0.250 e. The van der Waals surface area contributed by atoms with Gasteiger partial charge in [0, 0.05) is 34.4 Å². The number of amides is 3. The van der Waals surface area contributed by atoms with Gasteiger partial charge in [-0.05, 0) is 61.2 Å². The van der Waals surface area contributed by atoms with Crippen LogP contribution in [0.1, 0.15) is 22.3 Å². The predicted molar refractivity (Wildman–Crippen MR) is 141 cm³/mol. The highest BCUT2D eigenvalue weighted by Crippen LogP contribution is 2.54. The van der Waals surface area contributed by atoms with E-state index in [4.69, 9.17) is 0 Å². The van der Waals surface area contributed by atoms with E-state index >= 15 is 0 Å². The Labute approximate surface area is 213 Å². The number of rotatable bonds is 3. The zero-order valence-electron chi connectivity index (χ0n) is 20.5. The molecule has 7 heteroatoms. The molecule has 0 saturated carbocycles. The van der Waals surface area contributed by atoms with E-state index in [0.717, 1.165) is 33.2 Å². The molecule has 7 rings (SSSR count). The van der Waals surface area contributed by atoms with Crippen molar-refractivity contribution in [3.8, 4) is 0 Å². The molecule has 1 aromatic heterocycles. The first-order valence-corrected chi connectivity index (χ1v) is 12.6. The monoisotopic (exact) mass is 490 g/mol. The minimum absolute atomic E-state index is 0.260. The average Bonchev–Trinajstić information content (AvgIpc) is 3.60. The van der Waals surface area contributed by atoms with E-state index in [9.17, 15) is 14.4 Å². The number of carbonyl (C=O) groups excluding carboxylic acids is 3. The maximum atomic E-state index is 14.1. The molecule has 0 radical (unpaired) electrons. The highest BCUT2D eigenvalue weighted by atomic mass is 16.2. The van der Waals surface area contributed by atoms with Crippen molar-refractivity contribution >= 4 is 40.0 Å². The van der Waals surface area contributed by atoms with Crippen LogP contribution in [0.3, 0.4) is 0 Å². The molecule has 4 heterocycles. The first kappa shape index (κ1) is 22.0. The number of hydrogen-bond acceptors (Lipinski definition) is 4. The lowest BCUT2D eigenvalue weighted by Crippen LogP contribution is -2.53. The van der Waals surface area contributed by atoms with Crippen LogP contribution in [0.25, 0.3) is 10.9 Å². The van der Waals surface area contributed by atoms with E-state index in [2.05, 4.69) is 15.6 Å². The predicted octanol–water partition coefficient (Wildman–Crippen LogP) is 3.95. The molecule has 37 heavy (non-hydrogen) atoms. The number of aryl methyl sites for hydroxylation is 2. The number of aromatic amines is 1. The highest BCUT2D eigenvalue weighted by molar-refractivity contribution is 6.25. The van der Waals surface area contributed by atoms with Gasteiger partial charge in [0.2, 0.25) is 17.7 Å². The van der Waals surface area contributed by atoms with Crippen LogP contribution in [0.4, 0.5) is 11.4 Å². The Morgan fingerprint density at radius 3 is 2.51 bits per heavy atom. The van der Waals surface area contributed by atoms with Gasteiger partial charge in [0.15, 0.2) is 0 Å². The van der Waals surface area contributed by atoms with E-state index in [1.807, 2.05) is 86.8 Å². The number of para-hydroxylation sites is 2. The van der Waals surface area contributed by atoms with Crippen LogP contribution in [-0.2, 0) is 26.3 Å². The van der Waals surface area contributed by atoms with Gasteiger partial charge in [0.05, 0.1) is 17.5 Å². The van der Waals surface area contributed by atoms with Crippen molar-refractivity contribution < 1.29 is 14.4 Å². The third-order valence-electron chi connectivity index (χ3n) is 8.49. The summed E-state index contributed by atoms with van der Waals surface area (Å²) in [6.07, 6.45) is 2.46. The van der Waals surface area contributed by atoms with Crippen molar-refractivity contribution in [2.45, 2.75) is 31.8 Å². The van der Waals surface area contributed by atoms with Crippen molar-refractivity contribution in [2.75, 3.05) is 10.2 Å². The molecule has 2 fully saturated rings. The van der Waals surface area contributed by atoms with Gasteiger partial charge in [-0.15, -0.1) is 0 Å². The molecule has 2 saturated heterocycles. The normalized spacial score (nSPS) is 26.3. The Morgan fingerprint density at radius 2 is 1.68 bits per heavy atom. The molecular formula is C30H26N4O3. The maximum absolute atomic E-state index is 14.1. The summed E-state index contributed by atoms with van der Waals surface area (Å²) in [5.41, 5.74) is 4.79. The van der Waals surface area contributed by atoms with Gasteiger partial charge in [-0.3, -0.25) is 19.7 Å². The molecule has 4 aromatic rings. The van der Waals surface area contributed by atoms with Gasteiger partial charge >= 0.3 is 0 Å². The summed E-state index contributed by atoms with van der Waals surface area (Å²) >= 11 is 0. The Morgan fingerprint density at radius 1 is 0.892 bits per heavy atom. The number of aromatic nitrogens is 1. The molecule has 3 aliphatic heterocycles. The van der Waals surface area contributed by atoms with Crippen LogP contribution >= 0.6 is 0 Å². The van der Waals surface area contributed by atoms with Gasteiger partial charge in [-0.2, -0.15) is 0 Å². The highest BCUT2D eigenvalue weighted by Gasteiger charge is 2.70. The van der Waals surface area contributed by atoms with E-state index in [-0.39, 0.29) is 17.7 Å². The van der Waals surface area contributed by atoms with Gasteiger partial charge in [0.1, 0.15) is 5.54 Å². The topological polar surface area (TPSA) is 94.3 Å². The van der Waals surface area contributed by atoms with Crippen LogP contribution in [0.2, 0.25) is 0 Å². The van der Waals surface area contributed by atoms with Gasteiger partial charge in [-0.25, -0.2) is 4.90 Å². The van der Waals surface area contributed by atoms with Gasteiger partial charge in [-0.1, -0.05) is 42.5 Å². The molecule has 7 nitrogen and oxygen atoms in total. The molecule has 2 unspecified atom stereocenters. The van der Waals surface area contributed by atoms with E-state index in [1.165, 1.54) is 4.90 Å². The Bertz CT molecular complexity index is 1640. The van der Waals surface area contributed by atoms with Gasteiger partial charge < -0.3 is 10.3 Å². The van der Waals surface area contributed by atoms with E-state index in [0.29, 0.717) is 17.8 Å². The summed E-state index contributed by atoms with van der Waals surface area (Å²) in [5.74, 6) is -2.41. The SMILES string of the molecule is Cc1ccc(N2C(=O)[C@@H]3C(Cc4c[nH]c5ccccc45)NC4(C(=O)Nc5ccccc54)[C@@H]3C2=O)cc1C. The molecule has 3 aromatic carbocycles. The fraction of sp³-hybridized carbons (Fsp3) is 0.233. The Kier molecular flexibility index (Phi) is 4.54. The standard InChI is InChI=1S/C30H26N4O3/c1-16-11-12-19(13-17(16)2)34-27(35)25-24(14-18-15-31-22-9-5-3-7-20(18)22)33-30(26(25)28(34)36)21-8-4-6-10-23(21)32-29(30)37/h3-13,15,24-26,31,33H,14H2,1-2H3,(H,32,37)/t24?,25-,26+,30?/m1/s1. The Hall–Kier alpha value is -4.23. The summed E-state index contributed by atoms with van der Waals surface area (Å²) in [7, 11) is 0. The second-order valence-electron chi connectivity index (χ2n) is 10.4.